The zero-order valence-corrected chi connectivity index (χ0v) is 12.0. The second kappa shape index (κ2) is 5.67. The number of sulfonamides is 1. The summed E-state index contributed by atoms with van der Waals surface area (Å²) in [6, 6.07) is 0. The Labute approximate surface area is 105 Å². The predicted octanol–water partition coefficient (Wildman–Crippen LogP) is 1.46. The van der Waals surface area contributed by atoms with E-state index in [9.17, 15) is 8.42 Å². The summed E-state index contributed by atoms with van der Waals surface area (Å²) >= 11 is 0. The molecule has 0 radical (unpaired) electrons. The monoisotopic (exact) mass is 263 g/mol. The van der Waals surface area contributed by atoms with E-state index in [2.05, 4.69) is 20.8 Å². The zero-order valence-electron chi connectivity index (χ0n) is 11.1. The topological polar surface area (TPSA) is 57.6 Å². The van der Waals surface area contributed by atoms with E-state index in [0.29, 0.717) is 31.8 Å². The molecule has 4 nitrogen and oxygen atoms in total. The number of aliphatic hydroxyl groups is 1. The summed E-state index contributed by atoms with van der Waals surface area (Å²) in [5, 5.41) is 8.67. The number of aliphatic hydroxyl groups excluding tert-OH is 1. The van der Waals surface area contributed by atoms with Crippen molar-refractivity contribution in [3.05, 3.63) is 0 Å². The van der Waals surface area contributed by atoms with E-state index in [-0.39, 0.29) is 17.8 Å². The van der Waals surface area contributed by atoms with Crippen molar-refractivity contribution in [3.63, 3.8) is 0 Å². The molecule has 1 fully saturated rings. The molecule has 0 amide bonds. The van der Waals surface area contributed by atoms with E-state index < -0.39 is 10.0 Å². The summed E-state index contributed by atoms with van der Waals surface area (Å²) in [7, 11) is -3.10. The zero-order chi connectivity index (χ0) is 13.1. The van der Waals surface area contributed by atoms with Crippen LogP contribution in [0.5, 0.6) is 0 Å². The molecule has 1 saturated heterocycles. The molecule has 0 spiro atoms. The van der Waals surface area contributed by atoms with Crippen LogP contribution in [-0.2, 0) is 10.0 Å². The van der Waals surface area contributed by atoms with Crippen molar-refractivity contribution in [2.45, 2.75) is 40.0 Å². The molecule has 1 heterocycles. The maximum Gasteiger partial charge on any atom is 0.214 e. The third kappa shape index (κ3) is 4.23. The normalized spacial score (nSPS) is 23.2. The second-order valence-electron chi connectivity index (χ2n) is 5.96. The fraction of sp³-hybridized carbons (Fsp3) is 1.00. The summed E-state index contributed by atoms with van der Waals surface area (Å²) in [4.78, 5) is 0. The lowest BCUT2D eigenvalue weighted by molar-refractivity contribution is 0.251. The Morgan fingerprint density at radius 1 is 1.29 bits per heavy atom. The lowest BCUT2D eigenvalue weighted by Gasteiger charge is -2.26. The summed E-state index contributed by atoms with van der Waals surface area (Å²) < 4.78 is 25.7. The molecule has 0 aromatic rings. The fourth-order valence-corrected chi connectivity index (χ4v) is 3.83. The van der Waals surface area contributed by atoms with Gasteiger partial charge in [-0.25, -0.2) is 12.7 Å². The Morgan fingerprint density at radius 2 is 1.94 bits per heavy atom. The second-order valence-corrected chi connectivity index (χ2v) is 8.04. The predicted molar refractivity (Wildman–Crippen MR) is 69.2 cm³/mol. The first-order valence-corrected chi connectivity index (χ1v) is 7.97. The molecule has 102 valence electrons. The SMILES string of the molecule is CC(C)(C)C1CCN(S(=O)(=O)CCCCO)C1. The van der Waals surface area contributed by atoms with Crippen LogP contribution in [0.2, 0.25) is 0 Å². The van der Waals surface area contributed by atoms with Crippen LogP contribution in [0.25, 0.3) is 0 Å². The lowest BCUT2D eigenvalue weighted by atomic mass is 9.80. The first kappa shape index (κ1) is 14.9. The van der Waals surface area contributed by atoms with Crippen LogP contribution in [-0.4, -0.2) is 43.3 Å². The van der Waals surface area contributed by atoms with Gasteiger partial charge in [0.2, 0.25) is 10.0 Å². The average molecular weight is 263 g/mol. The molecule has 1 rings (SSSR count). The van der Waals surface area contributed by atoms with E-state index in [0.717, 1.165) is 6.42 Å². The van der Waals surface area contributed by atoms with Gasteiger partial charge in [0, 0.05) is 19.7 Å². The molecule has 0 aromatic carbocycles. The summed E-state index contributed by atoms with van der Waals surface area (Å²) in [6.07, 6.45) is 2.08. The molecular formula is C12H25NO3S. The van der Waals surface area contributed by atoms with Crippen LogP contribution < -0.4 is 0 Å². The quantitative estimate of drug-likeness (QED) is 0.764. The number of hydrogen-bond acceptors (Lipinski definition) is 3. The number of hydrogen-bond donors (Lipinski definition) is 1. The van der Waals surface area contributed by atoms with Crippen LogP contribution in [0.4, 0.5) is 0 Å². The van der Waals surface area contributed by atoms with Crippen LogP contribution in [0.3, 0.4) is 0 Å². The van der Waals surface area contributed by atoms with Crippen molar-refractivity contribution < 1.29 is 13.5 Å². The van der Waals surface area contributed by atoms with Gasteiger partial charge >= 0.3 is 0 Å². The van der Waals surface area contributed by atoms with Crippen LogP contribution in [0.15, 0.2) is 0 Å². The van der Waals surface area contributed by atoms with Gasteiger partial charge in [0.15, 0.2) is 0 Å². The molecule has 1 aliphatic heterocycles. The van der Waals surface area contributed by atoms with Gasteiger partial charge in [-0.3, -0.25) is 0 Å². The first-order chi connectivity index (χ1) is 7.77. The van der Waals surface area contributed by atoms with Gasteiger partial charge in [-0.15, -0.1) is 0 Å². The van der Waals surface area contributed by atoms with E-state index >= 15 is 0 Å². The molecule has 0 saturated carbocycles. The summed E-state index contributed by atoms with van der Waals surface area (Å²) in [6.45, 7) is 7.88. The van der Waals surface area contributed by atoms with Crippen molar-refractivity contribution in [1.82, 2.24) is 4.31 Å². The Kier molecular flexibility index (Phi) is 4.98. The van der Waals surface area contributed by atoms with Gasteiger partial charge in [0.1, 0.15) is 0 Å². The standard InChI is InChI=1S/C12H25NO3S/c1-12(2,3)11-6-7-13(10-11)17(15,16)9-5-4-8-14/h11,14H,4-10H2,1-3H3. The molecule has 0 bridgehead atoms. The highest BCUT2D eigenvalue weighted by Gasteiger charge is 2.36. The van der Waals surface area contributed by atoms with Crippen LogP contribution in [0, 0.1) is 11.3 Å². The fourth-order valence-electron chi connectivity index (χ4n) is 2.21. The molecule has 5 heteroatoms. The van der Waals surface area contributed by atoms with Gasteiger partial charge in [0.05, 0.1) is 5.75 Å². The van der Waals surface area contributed by atoms with Crippen LogP contribution >= 0.6 is 0 Å². The Morgan fingerprint density at radius 3 is 2.41 bits per heavy atom. The smallest absolute Gasteiger partial charge is 0.214 e. The van der Waals surface area contributed by atoms with Gasteiger partial charge in [-0.2, -0.15) is 0 Å². The summed E-state index contributed by atoms with van der Waals surface area (Å²) in [5.41, 5.74) is 0.176. The molecule has 1 unspecified atom stereocenters. The van der Waals surface area contributed by atoms with Gasteiger partial charge in [-0.1, -0.05) is 20.8 Å². The van der Waals surface area contributed by atoms with E-state index in [1.165, 1.54) is 0 Å². The van der Waals surface area contributed by atoms with Crippen molar-refractivity contribution in [1.29, 1.82) is 0 Å². The third-order valence-corrected chi connectivity index (χ3v) is 5.50. The minimum absolute atomic E-state index is 0.0696. The Hall–Kier alpha value is -0.130. The largest absolute Gasteiger partial charge is 0.396 e. The minimum Gasteiger partial charge on any atom is -0.396 e. The van der Waals surface area contributed by atoms with E-state index in [1.807, 2.05) is 0 Å². The Balaban J connectivity index is 2.52. The minimum atomic E-state index is -3.10. The molecule has 1 aliphatic rings. The third-order valence-electron chi connectivity index (χ3n) is 3.58. The summed E-state index contributed by atoms with van der Waals surface area (Å²) in [5.74, 6) is 0.625. The highest BCUT2D eigenvalue weighted by Crippen LogP contribution is 2.34. The molecule has 1 atom stereocenters. The lowest BCUT2D eigenvalue weighted by Crippen LogP contribution is -2.33. The number of nitrogens with zero attached hydrogens (tertiary/aromatic N) is 1. The van der Waals surface area contributed by atoms with Gasteiger partial charge in [0.25, 0.3) is 0 Å². The van der Waals surface area contributed by atoms with Crippen molar-refractivity contribution in [3.8, 4) is 0 Å². The number of unbranched alkanes of at least 4 members (excludes halogenated alkanes) is 1. The van der Waals surface area contributed by atoms with Crippen molar-refractivity contribution >= 4 is 10.0 Å². The first-order valence-electron chi connectivity index (χ1n) is 6.36. The maximum absolute atomic E-state index is 12.0. The van der Waals surface area contributed by atoms with Crippen LogP contribution in [0.1, 0.15) is 40.0 Å². The van der Waals surface area contributed by atoms with Gasteiger partial charge in [-0.05, 0) is 30.6 Å². The van der Waals surface area contributed by atoms with E-state index in [1.54, 1.807) is 4.31 Å². The van der Waals surface area contributed by atoms with Crippen molar-refractivity contribution in [2.75, 3.05) is 25.4 Å². The molecule has 0 aliphatic carbocycles. The molecule has 17 heavy (non-hydrogen) atoms. The van der Waals surface area contributed by atoms with Gasteiger partial charge < -0.3 is 5.11 Å². The van der Waals surface area contributed by atoms with Crippen molar-refractivity contribution in [2.24, 2.45) is 11.3 Å². The average Bonchev–Trinajstić information content (AvgIpc) is 2.66. The number of rotatable bonds is 5. The van der Waals surface area contributed by atoms with E-state index in [4.69, 9.17) is 5.11 Å². The molecule has 1 N–H and O–H groups in total. The highest BCUT2D eigenvalue weighted by molar-refractivity contribution is 7.89. The Bertz CT molecular complexity index is 332. The maximum atomic E-state index is 12.0. The molecular weight excluding hydrogens is 238 g/mol. The highest BCUT2D eigenvalue weighted by atomic mass is 32.2. The molecule has 0 aromatic heterocycles.